The van der Waals surface area contributed by atoms with Gasteiger partial charge in [0.2, 0.25) is 11.8 Å². The van der Waals surface area contributed by atoms with Crippen molar-refractivity contribution in [2.75, 3.05) is 38.6 Å². The van der Waals surface area contributed by atoms with Crippen LogP contribution in [0.2, 0.25) is 0 Å². The minimum atomic E-state index is -0.431. The monoisotopic (exact) mass is 389 g/mol. The molecule has 1 aromatic carbocycles. The standard InChI is InChI=1S/C21H31N3O4/c1-4-6-19(25)22-12-16-7-5-10-24(13-16)14-20(26)23-18-11-17(21(27)28-3)9-8-15(18)2/h8-9,11,16H,4-7,10,12-14H2,1-3H3,(H,22,25)(H,23,26). The van der Waals surface area contributed by atoms with E-state index >= 15 is 0 Å². The second kappa shape index (κ2) is 10.8. The van der Waals surface area contributed by atoms with Crippen LogP contribution in [0.5, 0.6) is 0 Å². The van der Waals surface area contributed by atoms with Gasteiger partial charge >= 0.3 is 5.97 Å². The summed E-state index contributed by atoms with van der Waals surface area (Å²) in [5, 5.41) is 5.89. The van der Waals surface area contributed by atoms with Crippen molar-refractivity contribution in [2.45, 2.75) is 39.5 Å². The van der Waals surface area contributed by atoms with Crippen LogP contribution in [0.25, 0.3) is 0 Å². The number of piperidine rings is 1. The van der Waals surface area contributed by atoms with Gasteiger partial charge in [0.15, 0.2) is 0 Å². The molecule has 1 atom stereocenters. The Kier molecular flexibility index (Phi) is 8.44. The van der Waals surface area contributed by atoms with Crippen LogP contribution in [0.3, 0.4) is 0 Å². The van der Waals surface area contributed by atoms with Gasteiger partial charge in [-0.3, -0.25) is 14.5 Å². The molecule has 1 aliphatic heterocycles. The van der Waals surface area contributed by atoms with E-state index in [9.17, 15) is 14.4 Å². The number of methoxy groups -OCH3 is 1. The largest absolute Gasteiger partial charge is 0.465 e. The molecule has 0 saturated carbocycles. The molecule has 1 aliphatic rings. The number of aryl methyl sites for hydroxylation is 1. The van der Waals surface area contributed by atoms with Crippen molar-refractivity contribution in [3.05, 3.63) is 29.3 Å². The van der Waals surface area contributed by atoms with E-state index in [1.807, 2.05) is 13.8 Å². The normalized spacial score (nSPS) is 17.0. The van der Waals surface area contributed by atoms with Crippen molar-refractivity contribution in [1.29, 1.82) is 0 Å². The number of hydrogen-bond donors (Lipinski definition) is 2. The lowest BCUT2D eigenvalue weighted by Crippen LogP contribution is -2.43. The molecule has 2 rings (SSSR count). The number of rotatable bonds is 8. The van der Waals surface area contributed by atoms with Gasteiger partial charge in [-0.2, -0.15) is 0 Å². The van der Waals surface area contributed by atoms with Crippen molar-refractivity contribution < 1.29 is 19.1 Å². The molecule has 0 aromatic heterocycles. The molecule has 1 heterocycles. The highest BCUT2D eigenvalue weighted by Gasteiger charge is 2.22. The van der Waals surface area contributed by atoms with Crippen LogP contribution in [-0.2, 0) is 14.3 Å². The fraction of sp³-hybridized carbons (Fsp3) is 0.571. The maximum absolute atomic E-state index is 12.5. The van der Waals surface area contributed by atoms with E-state index in [-0.39, 0.29) is 11.8 Å². The Bertz CT molecular complexity index is 705. The predicted octanol–water partition coefficient (Wildman–Crippen LogP) is 2.35. The number of nitrogens with zero attached hydrogens (tertiary/aromatic N) is 1. The fourth-order valence-electron chi connectivity index (χ4n) is 3.43. The van der Waals surface area contributed by atoms with Crippen LogP contribution in [0.1, 0.15) is 48.5 Å². The lowest BCUT2D eigenvalue weighted by atomic mass is 9.98. The number of nitrogens with one attached hydrogen (secondary N) is 2. The Morgan fingerprint density at radius 1 is 1.25 bits per heavy atom. The molecule has 2 amide bonds. The second-order valence-electron chi connectivity index (χ2n) is 7.37. The van der Waals surface area contributed by atoms with Gasteiger partial charge in [0.05, 0.1) is 19.2 Å². The Labute approximate surface area is 166 Å². The third-order valence-electron chi connectivity index (χ3n) is 4.97. The maximum Gasteiger partial charge on any atom is 0.337 e. The number of esters is 1. The minimum Gasteiger partial charge on any atom is -0.465 e. The van der Waals surface area contributed by atoms with E-state index in [0.29, 0.717) is 36.7 Å². The number of carbonyl (C=O) groups excluding carboxylic acids is 3. The molecule has 1 unspecified atom stereocenters. The average Bonchev–Trinajstić information content (AvgIpc) is 2.68. The van der Waals surface area contributed by atoms with E-state index in [4.69, 9.17) is 4.74 Å². The number of carbonyl (C=O) groups is 3. The summed E-state index contributed by atoms with van der Waals surface area (Å²) in [5.74, 6) is -0.0784. The van der Waals surface area contributed by atoms with Gasteiger partial charge in [0.1, 0.15) is 0 Å². The van der Waals surface area contributed by atoms with E-state index in [1.165, 1.54) is 7.11 Å². The highest BCUT2D eigenvalue weighted by Crippen LogP contribution is 2.19. The van der Waals surface area contributed by atoms with E-state index < -0.39 is 5.97 Å². The number of likely N-dealkylation sites (tertiary alicyclic amines) is 1. The molecule has 0 bridgehead atoms. The van der Waals surface area contributed by atoms with Crippen LogP contribution in [0.4, 0.5) is 5.69 Å². The first-order valence-corrected chi connectivity index (χ1v) is 9.90. The summed E-state index contributed by atoms with van der Waals surface area (Å²) >= 11 is 0. The van der Waals surface area contributed by atoms with Gasteiger partial charge in [-0.25, -0.2) is 4.79 Å². The van der Waals surface area contributed by atoms with Crippen LogP contribution in [0, 0.1) is 12.8 Å². The molecular formula is C21H31N3O4. The third-order valence-corrected chi connectivity index (χ3v) is 4.97. The fourth-order valence-corrected chi connectivity index (χ4v) is 3.43. The van der Waals surface area contributed by atoms with Crippen molar-refractivity contribution >= 4 is 23.5 Å². The summed E-state index contributed by atoms with van der Waals surface area (Å²) in [7, 11) is 1.33. The number of hydrogen-bond acceptors (Lipinski definition) is 5. The zero-order valence-electron chi connectivity index (χ0n) is 17.0. The minimum absolute atomic E-state index is 0.0957. The molecule has 7 nitrogen and oxygen atoms in total. The number of amides is 2. The molecule has 28 heavy (non-hydrogen) atoms. The topological polar surface area (TPSA) is 87.7 Å². The predicted molar refractivity (Wildman–Crippen MR) is 108 cm³/mol. The lowest BCUT2D eigenvalue weighted by molar-refractivity contribution is -0.121. The molecule has 0 aliphatic carbocycles. The first-order chi connectivity index (χ1) is 13.4. The maximum atomic E-state index is 12.5. The van der Waals surface area contributed by atoms with Gasteiger partial charge in [0, 0.05) is 25.2 Å². The first kappa shape index (κ1) is 21.9. The zero-order valence-corrected chi connectivity index (χ0v) is 17.0. The van der Waals surface area contributed by atoms with E-state index in [1.54, 1.807) is 18.2 Å². The third kappa shape index (κ3) is 6.64. The molecule has 154 valence electrons. The molecule has 0 radical (unpaired) electrons. The summed E-state index contributed by atoms with van der Waals surface area (Å²) < 4.78 is 4.73. The molecule has 2 N–H and O–H groups in total. The Morgan fingerprint density at radius 2 is 2.04 bits per heavy atom. The summed E-state index contributed by atoms with van der Waals surface area (Å²) in [6.45, 7) is 6.49. The molecule has 7 heteroatoms. The summed E-state index contributed by atoms with van der Waals surface area (Å²) in [4.78, 5) is 38.0. The number of benzene rings is 1. The van der Waals surface area contributed by atoms with Gasteiger partial charge in [-0.05, 0) is 56.3 Å². The summed E-state index contributed by atoms with van der Waals surface area (Å²) in [6, 6.07) is 5.11. The van der Waals surface area contributed by atoms with Gasteiger partial charge < -0.3 is 15.4 Å². The SMILES string of the molecule is CCCC(=O)NCC1CCCN(CC(=O)Nc2cc(C(=O)OC)ccc2C)C1. The molecule has 0 spiro atoms. The van der Waals surface area contributed by atoms with Crippen LogP contribution in [-0.4, -0.2) is 56.0 Å². The van der Waals surface area contributed by atoms with Crippen LogP contribution < -0.4 is 10.6 Å². The smallest absolute Gasteiger partial charge is 0.337 e. The quantitative estimate of drug-likeness (QED) is 0.667. The van der Waals surface area contributed by atoms with Crippen molar-refractivity contribution in [2.24, 2.45) is 5.92 Å². The summed E-state index contributed by atoms with van der Waals surface area (Å²) in [6.07, 6.45) is 3.48. The van der Waals surface area contributed by atoms with E-state index in [0.717, 1.165) is 37.9 Å². The zero-order chi connectivity index (χ0) is 20.5. The number of ether oxygens (including phenoxy) is 1. The van der Waals surface area contributed by atoms with E-state index in [2.05, 4.69) is 15.5 Å². The average molecular weight is 389 g/mol. The number of anilines is 1. The highest BCUT2D eigenvalue weighted by molar-refractivity contribution is 5.96. The Hall–Kier alpha value is -2.41. The molecule has 1 aromatic rings. The van der Waals surface area contributed by atoms with Crippen LogP contribution in [0.15, 0.2) is 18.2 Å². The first-order valence-electron chi connectivity index (χ1n) is 9.90. The molecule has 1 fully saturated rings. The van der Waals surface area contributed by atoms with Crippen molar-refractivity contribution in [1.82, 2.24) is 10.2 Å². The Balaban J connectivity index is 1.87. The van der Waals surface area contributed by atoms with Crippen molar-refractivity contribution in [3.8, 4) is 0 Å². The highest BCUT2D eigenvalue weighted by atomic mass is 16.5. The second-order valence-corrected chi connectivity index (χ2v) is 7.37. The van der Waals surface area contributed by atoms with Gasteiger partial charge in [-0.15, -0.1) is 0 Å². The molecule has 1 saturated heterocycles. The van der Waals surface area contributed by atoms with Crippen LogP contribution >= 0.6 is 0 Å². The lowest BCUT2D eigenvalue weighted by Gasteiger charge is -2.32. The molecular weight excluding hydrogens is 358 g/mol. The Morgan fingerprint density at radius 3 is 2.75 bits per heavy atom. The van der Waals surface area contributed by atoms with Gasteiger partial charge in [-0.1, -0.05) is 13.0 Å². The van der Waals surface area contributed by atoms with Crippen molar-refractivity contribution in [3.63, 3.8) is 0 Å². The van der Waals surface area contributed by atoms with Gasteiger partial charge in [0.25, 0.3) is 0 Å². The summed E-state index contributed by atoms with van der Waals surface area (Å²) in [5.41, 5.74) is 1.91.